The van der Waals surface area contributed by atoms with E-state index in [-0.39, 0.29) is 0 Å². The maximum absolute atomic E-state index is 11.9. The summed E-state index contributed by atoms with van der Waals surface area (Å²) in [4.78, 5) is 0. The predicted octanol–water partition coefficient (Wildman–Crippen LogP) is 1.99. The largest absolute Gasteiger partial charge is 0.379 e. The molecule has 1 aliphatic heterocycles. The molecule has 0 bridgehead atoms. The zero-order valence-electron chi connectivity index (χ0n) is 9.61. The van der Waals surface area contributed by atoms with Crippen LogP contribution in [0.15, 0.2) is 16.7 Å². The molecule has 0 N–H and O–H groups in total. The second-order valence-electron chi connectivity index (χ2n) is 4.24. The molecule has 0 aromatic rings. The second-order valence-corrected chi connectivity index (χ2v) is 5.55. The minimum absolute atomic E-state index is 0.691. The Hall–Kier alpha value is -0.410. The third-order valence-electron chi connectivity index (χ3n) is 3.05. The lowest BCUT2D eigenvalue weighted by Gasteiger charge is -2.23. The number of morpholine rings is 1. The molecule has 2 rings (SSSR count). The quantitative estimate of drug-likeness (QED) is 0.692. The van der Waals surface area contributed by atoms with Gasteiger partial charge in [-0.05, 0) is 31.3 Å². The standard InChI is InChI=1S/C12H19NO2S/c14-16(13-7-9-15-10-8-13)11-6-12-4-2-1-3-5-12/h11H,1-5,7-10H2. The number of nitrogens with zero attached hydrogens (tertiary/aromatic N) is 1. The molecule has 0 aromatic carbocycles. The maximum atomic E-state index is 11.9. The van der Waals surface area contributed by atoms with E-state index in [0.29, 0.717) is 13.2 Å². The van der Waals surface area contributed by atoms with Gasteiger partial charge < -0.3 is 4.74 Å². The first-order chi connectivity index (χ1) is 7.86. The topological polar surface area (TPSA) is 29.5 Å². The molecule has 1 unspecified atom stereocenters. The van der Waals surface area contributed by atoms with Gasteiger partial charge in [0.2, 0.25) is 0 Å². The molecule has 2 fully saturated rings. The zero-order chi connectivity index (χ0) is 11.2. The van der Waals surface area contributed by atoms with Crippen molar-refractivity contribution in [1.82, 2.24) is 4.31 Å². The van der Waals surface area contributed by atoms with Crippen molar-refractivity contribution in [3.63, 3.8) is 0 Å². The Kier molecular flexibility index (Phi) is 4.79. The van der Waals surface area contributed by atoms with E-state index in [0.717, 1.165) is 25.9 Å². The van der Waals surface area contributed by atoms with Crippen LogP contribution in [0.4, 0.5) is 0 Å². The Balaban J connectivity index is 1.91. The van der Waals surface area contributed by atoms with Gasteiger partial charge in [0.1, 0.15) is 11.0 Å². The van der Waals surface area contributed by atoms with E-state index in [1.807, 2.05) is 4.31 Å². The highest BCUT2D eigenvalue weighted by atomic mass is 32.2. The lowest BCUT2D eigenvalue weighted by atomic mass is 9.96. The van der Waals surface area contributed by atoms with Gasteiger partial charge in [0, 0.05) is 13.1 Å². The highest BCUT2D eigenvalue weighted by Gasteiger charge is 2.14. The molecule has 1 heterocycles. The number of hydrogen-bond acceptors (Lipinski definition) is 2. The first-order valence-corrected chi connectivity index (χ1v) is 7.21. The molecule has 1 atom stereocenters. The summed E-state index contributed by atoms with van der Waals surface area (Å²) in [5.74, 6) is 0. The average Bonchev–Trinajstić information content (AvgIpc) is 2.38. The summed E-state index contributed by atoms with van der Waals surface area (Å²) in [6.45, 7) is 2.91. The van der Waals surface area contributed by atoms with Gasteiger partial charge in [-0.15, -0.1) is 5.73 Å². The van der Waals surface area contributed by atoms with Crippen molar-refractivity contribution in [1.29, 1.82) is 0 Å². The van der Waals surface area contributed by atoms with E-state index in [4.69, 9.17) is 4.74 Å². The first-order valence-electron chi connectivity index (χ1n) is 6.04. The van der Waals surface area contributed by atoms with Crippen LogP contribution in [-0.2, 0) is 15.7 Å². The molecular formula is C12H19NO2S. The fourth-order valence-corrected chi connectivity index (χ4v) is 2.98. The lowest BCUT2D eigenvalue weighted by molar-refractivity contribution is 0.0756. The van der Waals surface area contributed by atoms with Crippen molar-refractivity contribution < 1.29 is 8.95 Å². The van der Waals surface area contributed by atoms with Gasteiger partial charge in [-0.3, -0.25) is 0 Å². The second kappa shape index (κ2) is 6.36. The fraction of sp³-hybridized carbons (Fsp3) is 0.750. The summed E-state index contributed by atoms with van der Waals surface area (Å²) in [6, 6.07) is 0. The van der Waals surface area contributed by atoms with Crippen LogP contribution in [0, 0.1) is 0 Å². The predicted molar refractivity (Wildman–Crippen MR) is 65.2 cm³/mol. The van der Waals surface area contributed by atoms with E-state index < -0.39 is 11.0 Å². The molecule has 2 aliphatic rings. The van der Waals surface area contributed by atoms with Crippen LogP contribution in [0.2, 0.25) is 0 Å². The van der Waals surface area contributed by atoms with Gasteiger partial charge in [0.15, 0.2) is 0 Å². The number of ether oxygens (including phenoxy) is 1. The monoisotopic (exact) mass is 241 g/mol. The molecule has 0 radical (unpaired) electrons. The van der Waals surface area contributed by atoms with Crippen molar-refractivity contribution in [3.8, 4) is 0 Å². The molecule has 90 valence electrons. The van der Waals surface area contributed by atoms with Gasteiger partial charge in [-0.25, -0.2) is 8.51 Å². The average molecular weight is 241 g/mol. The van der Waals surface area contributed by atoms with E-state index in [1.54, 1.807) is 5.41 Å². The van der Waals surface area contributed by atoms with Crippen LogP contribution in [0.25, 0.3) is 0 Å². The van der Waals surface area contributed by atoms with E-state index in [1.165, 1.54) is 24.8 Å². The maximum Gasteiger partial charge on any atom is 0.128 e. The van der Waals surface area contributed by atoms with Gasteiger partial charge >= 0.3 is 0 Å². The van der Waals surface area contributed by atoms with Crippen molar-refractivity contribution in [2.24, 2.45) is 0 Å². The van der Waals surface area contributed by atoms with Crippen LogP contribution < -0.4 is 0 Å². The first kappa shape index (κ1) is 12.1. The van der Waals surface area contributed by atoms with Crippen LogP contribution in [-0.4, -0.2) is 34.8 Å². The zero-order valence-corrected chi connectivity index (χ0v) is 10.4. The Morgan fingerprint density at radius 3 is 2.56 bits per heavy atom. The smallest absolute Gasteiger partial charge is 0.128 e. The van der Waals surface area contributed by atoms with Crippen molar-refractivity contribution in [2.75, 3.05) is 26.3 Å². The number of allylic oxidation sites excluding steroid dienone is 1. The molecule has 0 spiro atoms. The molecule has 1 saturated carbocycles. The Labute approximate surface area is 99.7 Å². The van der Waals surface area contributed by atoms with E-state index in [2.05, 4.69) is 5.73 Å². The van der Waals surface area contributed by atoms with Gasteiger partial charge in [-0.2, -0.15) is 0 Å². The molecule has 1 aliphatic carbocycles. The summed E-state index contributed by atoms with van der Waals surface area (Å²) in [5.41, 5.74) is 4.57. The summed E-state index contributed by atoms with van der Waals surface area (Å²) >= 11 is 0. The van der Waals surface area contributed by atoms with E-state index >= 15 is 0 Å². The Bertz CT molecular complexity index is 307. The molecular weight excluding hydrogens is 222 g/mol. The van der Waals surface area contributed by atoms with Crippen LogP contribution in [0.5, 0.6) is 0 Å². The summed E-state index contributed by atoms with van der Waals surface area (Å²) in [5, 5.41) is 1.73. The van der Waals surface area contributed by atoms with Crippen molar-refractivity contribution in [3.05, 3.63) is 16.7 Å². The molecule has 16 heavy (non-hydrogen) atoms. The SMILES string of the molecule is O=S(C=C=C1CCCCC1)N1CCOCC1. The molecule has 0 amide bonds. The minimum Gasteiger partial charge on any atom is -0.379 e. The third kappa shape index (κ3) is 3.56. The van der Waals surface area contributed by atoms with Gasteiger partial charge in [0.25, 0.3) is 0 Å². The van der Waals surface area contributed by atoms with E-state index in [9.17, 15) is 4.21 Å². The summed E-state index contributed by atoms with van der Waals surface area (Å²) in [7, 11) is -1.01. The summed E-state index contributed by atoms with van der Waals surface area (Å²) < 4.78 is 19.1. The molecule has 4 heteroatoms. The Morgan fingerprint density at radius 2 is 1.88 bits per heavy atom. The van der Waals surface area contributed by atoms with Crippen molar-refractivity contribution in [2.45, 2.75) is 32.1 Å². The third-order valence-corrected chi connectivity index (χ3v) is 4.24. The summed E-state index contributed by atoms with van der Waals surface area (Å²) in [6.07, 6.45) is 6.13. The molecule has 0 aromatic heterocycles. The highest BCUT2D eigenvalue weighted by molar-refractivity contribution is 7.85. The minimum atomic E-state index is -1.01. The normalized spacial score (nSPS) is 24.9. The van der Waals surface area contributed by atoms with Crippen LogP contribution >= 0.6 is 0 Å². The highest BCUT2D eigenvalue weighted by Crippen LogP contribution is 2.21. The Morgan fingerprint density at radius 1 is 1.19 bits per heavy atom. The molecule has 1 saturated heterocycles. The number of rotatable bonds is 2. The van der Waals surface area contributed by atoms with Crippen molar-refractivity contribution >= 4 is 11.0 Å². The molecule has 3 nitrogen and oxygen atoms in total. The van der Waals surface area contributed by atoms with Gasteiger partial charge in [-0.1, -0.05) is 6.42 Å². The lowest BCUT2D eigenvalue weighted by Crippen LogP contribution is -2.36. The van der Waals surface area contributed by atoms with Crippen LogP contribution in [0.3, 0.4) is 0 Å². The van der Waals surface area contributed by atoms with Crippen LogP contribution in [0.1, 0.15) is 32.1 Å². The number of hydrogen-bond donors (Lipinski definition) is 0. The van der Waals surface area contributed by atoms with Gasteiger partial charge in [0.05, 0.1) is 18.6 Å². The fourth-order valence-electron chi connectivity index (χ4n) is 2.06.